The van der Waals surface area contributed by atoms with E-state index in [9.17, 15) is 14.7 Å². The van der Waals surface area contributed by atoms with Gasteiger partial charge in [0.05, 0.1) is 19.1 Å². The molecule has 1 fully saturated rings. The molecule has 2 aromatic carbocycles. The molecule has 2 aliphatic heterocycles. The lowest BCUT2D eigenvalue weighted by Crippen LogP contribution is -2.47. The van der Waals surface area contributed by atoms with Crippen LogP contribution >= 0.6 is 0 Å². The normalized spacial score (nSPS) is 21.4. The molecule has 3 aliphatic rings. The first-order chi connectivity index (χ1) is 18.8. The molecule has 10 heteroatoms. The number of hydrogen-bond acceptors (Lipinski definition) is 7. The van der Waals surface area contributed by atoms with Crippen LogP contribution in [0.3, 0.4) is 0 Å². The molecular formula is C29H38N4O6. The zero-order valence-electron chi connectivity index (χ0n) is 22.8. The minimum absolute atomic E-state index is 0.0563. The second-order valence-electron chi connectivity index (χ2n) is 11.0. The second-order valence-corrected chi connectivity index (χ2v) is 11.0. The van der Waals surface area contributed by atoms with Crippen LogP contribution in [0.1, 0.15) is 32.3 Å². The fourth-order valence-corrected chi connectivity index (χ4v) is 5.12. The van der Waals surface area contributed by atoms with Gasteiger partial charge in [0, 0.05) is 48.6 Å². The van der Waals surface area contributed by atoms with Crippen LogP contribution in [0, 0.1) is 11.8 Å². The lowest BCUT2D eigenvalue weighted by molar-refractivity contribution is -0.134. The largest absolute Gasteiger partial charge is 0.488 e. The predicted molar refractivity (Wildman–Crippen MR) is 147 cm³/mol. The number of ether oxygens (including phenoxy) is 3. The van der Waals surface area contributed by atoms with Gasteiger partial charge in [0.15, 0.2) is 11.5 Å². The number of anilines is 2. The molecule has 0 aromatic heterocycles. The first kappa shape index (κ1) is 27.1. The van der Waals surface area contributed by atoms with Crippen molar-refractivity contribution in [3.05, 3.63) is 42.0 Å². The van der Waals surface area contributed by atoms with Crippen LogP contribution < -0.4 is 24.8 Å². The molecule has 3 atom stereocenters. The summed E-state index contributed by atoms with van der Waals surface area (Å²) in [5.41, 5.74) is 1.80. The van der Waals surface area contributed by atoms with Gasteiger partial charge in [-0.15, -0.1) is 0 Å². The number of carbonyl (C=O) groups is 2. The van der Waals surface area contributed by atoms with Crippen LogP contribution in [0.15, 0.2) is 36.4 Å². The summed E-state index contributed by atoms with van der Waals surface area (Å²) in [5.74, 6) is 2.59. The standard InChI is InChI=1S/C29H38N4O6/c1-18-13-33(19(2)16-34)28(35)11-21-10-22(6-8-24(21)39-27(18)15-32(3)14-20-4-5-20)30-29(36)31-23-7-9-25-26(12-23)38-17-37-25/h6-10,12,18-20,27,34H,4-5,11,13-17H2,1-3H3,(H2,30,31,36)/t18-,19-,27+/m0/s1. The number of fused-ring (bicyclic) bond motifs is 2. The van der Waals surface area contributed by atoms with Gasteiger partial charge in [0.1, 0.15) is 11.9 Å². The SMILES string of the molecule is C[C@H]1CN([C@@H](C)CO)C(=O)Cc2cc(NC(=O)Nc3ccc4c(c3)OCO4)ccc2O[C@@H]1CN(C)CC1CC1. The van der Waals surface area contributed by atoms with E-state index in [1.807, 2.05) is 13.0 Å². The van der Waals surface area contributed by atoms with Gasteiger partial charge in [-0.05, 0) is 63.1 Å². The second kappa shape index (κ2) is 11.7. The molecule has 10 nitrogen and oxygen atoms in total. The van der Waals surface area contributed by atoms with Crippen LogP contribution in [0.2, 0.25) is 0 Å². The highest BCUT2D eigenvalue weighted by atomic mass is 16.7. The number of nitrogens with one attached hydrogen (secondary N) is 2. The summed E-state index contributed by atoms with van der Waals surface area (Å²) in [7, 11) is 2.12. The van der Waals surface area contributed by atoms with E-state index in [2.05, 4.69) is 29.5 Å². The lowest BCUT2D eigenvalue weighted by atomic mass is 10.0. The van der Waals surface area contributed by atoms with Crippen molar-refractivity contribution in [1.82, 2.24) is 9.80 Å². The van der Waals surface area contributed by atoms with E-state index in [0.29, 0.717) is 40.7 Å². The molecular weight excluding hydrogens is 500 g/mol. The van der Waals surface area contributed by atoms with E-state index < -0.39 is 6.03 Å². The number of amides is 3. The Labute approximate surface area is 229 Å². The van der Waals surface area contributed by atoms with Gasteiger partial charge in [0.25, 0.3) is 0 Å². The van der Waals surface area contributed by atoms with E-state index in [1.54, 1.807) is 35.2 Å². The van der Waals surface area contributed by atoms with Crippen molar-refractivity contribution in [2.24, 2.45) is 11.8 Å². The Kier molecular flexibility index (Phi) is 8.13. The maximum atomic E-state index is 13.4. The molecule has 2 aromatic rings. The van der Waals surface area contributed by atoms with Gasteiger partial charge < -0.3 is 39.8 Å². The number of hydrogen-bond donors (Lipinski definition) is 3. The first-order valence-corrected chi connectivity index (χ1v) is 13.6. The summed E-state index contributed by atoms with van der Waals surface area (Å²) in [4.78, 5) is 30.2. The predicted octanol–water partition coefficient (Wildman–Crippen LogP) is 3.55. The average Bonchev–Trinajstić information content (AvgIpc) is 3.58. The van der Waals surface area contributed by atoms with Crippen LogP contribution in [-0.4, -0.2) is 79.1 Å². The topological polar surface area (TPSA) is 113 Å². The number of likely N-dealkylation sites (N-methyl/N-ethyl adjacent to an activating group) is 1. The zero-order valence-corrected chi connectivity index (χ0v) is 22.8. The third-order valence-electron chi connectivity index (χ3n) is 7.56. The van der Waals surface area contributed by atoms with Gasteiger partial charge in [-0.3, -0.25) is 4.79 Å². The van der Waals surface area contributed by atoms with Gasteiger partial charge in [-0.1, -0.05) is 6.92 Å². The van der Waals surface area contributed by atoms with Gasteiger partial charge in [-0.25, -0.2) is 4.79 Å². The average molecular weight is 539 g/mol. The minimum Gasteiger partial charge on any atom is -0.488 e. The van der Waals surface area contributed by atoms with Crippen LogP contribution in [0.5, 0.6) is 17.2 Å². The van der Waals surface area contributed by atoms with E-state index in [4.69, 9.17) is 14.2 Å². The lowest BCUT2D eigenvalue weighted by Gasteiger charge is -2.34. The summed E-state index contributed by atoms with van der Waals surface area (Å²) >= 11 is 0. The Hall–Kier alpha value is -3.50. The first-order valence-electron chi connectivity index (χ1n) is 13.6. The monoisotopic (exact) mass is 538 g/mol. The third-order valence-corrected chi connectivity index (χ3v) is 7.56. The number of benzene rings is 2. The summed E-state index contributed by atoms with van der Waals surface area (Å²) in [5, 5.41) is 15.5. The van der Waals surface area contributed by atoms with Crippen molar-refractivity contribution in [2.45, 2.75) is 45.3 Å². The molecule has 3 N–H and O–H groups in total. The molecule has 3 amide bonds. The Morgan fingerprint density at radius 1 is 1.08 bits per heavy atom. The summed E-state index contributed by atoms with van der Waals surface area (Å²) in [6, 6.07) is 9.85. The maximum Gasteiger partial charge on any atom is 0.323 e. The molecule has 39 heavy (non-hydrogen) atoms. The Balaban J connectivity index is 1.34. The van der Waals surface area contributed by atoms with E-state index in [1.165, 1.54) is 12.8 Å². The number of nitrogens with zero attached hydrogens (tertiary/aromatic N) is 2. The molecule has 0 saturated heterocycles. The van der Waals surface area contributed by atoms with Crippen molar-refractivity contribution in [1.29, 1.82) is 0 Å². The third kappa shape index (κ3) is 6.75. The van der Waals surface area contributed by atoms with Crippen LogP contribution in [0.4, 0.5) is 16.2 Å². The Morgan fingerprint density at radius 2 is 1.77 bits per heavy atom. The highest BCUT2D eigenvalue weighted by Crippen LogP contribution is 2.35. The molecule has 5 rings (SSSR count). The molecule has 0 unspecified atom stereocenters. The Bertz CT molecular complexity index is 1200. The van der Waals surface area contributed by atoms with Crippen LogP contribution in [0.25, 0.3) is 0 Å². The van der Waals surface area contributed by atoms with Gasteiger partial charge >= 0.3 is 6.03 Å². The molecule has 1 saturated carbocycles. The minimum atomic E-state index is -0.423. The molecule has 0 radical (unpaired) electrons. The molecule has 2 heterocycles. The summed E-state index contributed by atoms with van der Waals surface area (Å²) in [6.45, 7) is 6.28. The van der Waals surface area contributed by atoms with Crippen molar-refractivity contribution in [3.63, 3.8) is 0 Å². The van der Waals surface area contributed by atoms with Crippen molar-refractivity contribution in [2.75, 3.05) is 50.7 Å². The number of aliphatic hydroxyl groups excluding tert-OH is 1. The van der Waals surface area contributed by atoms with Gasteiger partial charge in [0.2, 0.25) is 12.7 Å². The number of rotatable bonds is 8. The smallest absolute Gasteiger partial charge is 0.323 e. The van der Waals surface area contributed by atoms with Crippen molar-refractivity contribution in [3.8, 4) is 17.2 Å². The molecule has 1 aliphatic carbocycles. The Morgan fingerprint density at radius 3 is 2.49 bits per heavy atom. The summed E-state index contributed by atoms with van der Waals surface area (Å²) in [6.07, 6.45) is 2.53. The number of carbonyl (C=O) groups excluding carboxylic acids is 2. The van der Waals surface area contributed by atoms with E-state index in [0.717, 1.165) is 19.0 Å². The quantitative estimate of drug-likeness (QED) is 0.471. The van der Waals surface area contributed by atoms with E-state index >= 15 is 0 Å². The maximum absolute atomic E-state index is 13.4. The van der Waals surface area contributed by atoms with E-state index in [-0.39, 0.29) is 43.8 Å². The van der Waals surface area contributed by atoms with Crippen LogP contribution in [-0.2, 0) is 11.2 Å². The number of aliphatic hydroxyl groups is 1. The summed E-state index contributed by atoms with van der Waals surface area (Å²) < 4.78 is 17.3. The highest BCUT2D eigenvalue weighted by Gasteiger charge is 2.32. The van der Waals surface area contributed by atoms with Gasteiger partial charge in [-0.2, -0.15) is 0 Å². The number of urea groups is 1. The molecule has 210 valence electrons. The molecule has 0 spiro atoms. The fourth-order valence-electron chi connectivity index (χ4n) is 5.12. The van der Waals surface area contributed by atoms with Crippen molar-refractivity contribution >= 4 is 23.3 Å². The van der Waals surface area contributed by atoms with Crippen molar-refractivity contribution < 1.29 is 28.9 Å². The zero-order chi connectivity index (χ0) is 27.5. The fraction of sp³-hybridized carbons (Fsp3) is 0.517. The highest BCUT2D eigenvalue weighted by molar-refractivity contribution is 6.00. The molecule has 0 bridgehead atoms.